The summed E-state index contributed by atoms with van der Waals surface area (Å²) in [6, 6.07) is 9.04. The van der Waals surface area contributed by atoms with E-state index in [0.29, 0.717) is 23.8 Å². The van der Waals surface area contributed by atoms with Crippen molar-refractivity contribution in [3.05, 3.63) is 42.1 Å². The van der Waals surface area contributed by atoms with Gasteiger partial charge in [-0.1, -0.05) is 26.2 Å². The van der Waals surface area contributed by atoms with Gasteiger partial charge in [-0.3, -0.25) is 9.59 Å². The Morgan fingerprint density at radius 2 is 1.88 bits per heavy atom. The van der Waals surface area contributed by atoms with E-state index in [0.717, 1.165) is 18.7 Å². The molecule has 0 atom stereocenters. The molecule has 26 heavy (non-hydrogen) atoms. The number of carbonyl (C=O) groups is 2. The number of aromatic nitrogens is 2. The highest BCUT2D eigenvalue weighted by molar-refractivity contribution is 5.96. The van der Waals surface area contributed by atoms with Gasteiger partial charge in [0.25, 0.3) is 5.91 Å². The maximum atomic E-state index is 12.2. The molecular weight excluding hydrogens is 330 g/mol. The summed E-state index contributed by atoms with van der Waals surface area (Å²) in [4.78, 5) is 23.8. The van der Waals surface area contributed by atoms with Crippen LogP contribution >= 0.6 is 0 Å². The first-order valence-electron chi connectivity index (χ1n) is 9.27. The van der Waals surface area contributed by atoms with E-state index < -0.39 is 0 Å². The van der Waals surface area contributed by atoms with E-state index in [1.54, 1.807) is 30.5 Å². The second-order valence-electron chi connectivity index (χ2n) is 6.59. The zero-order valence-corrected chi connectivity index (χ0v) is 15.1. The SMILES string of the molecule is CCC(=O)c1ccc(OCC(=O)Nc2ccnn2C2CCCCC2)cc1. The van der Waals surface area contributed by atoms with Gasteiger partial charge in [0.1, 0.15) is 11.6 Å². The fraction of sp³-hybridized carbons (Fsp3) is 0.450. The smallest absolute Gasteiger partial charge is 0.263 e. The summed E-state index contributed by atoms with van der Waals surface area (Å²) in [7, 11) is 0. The van der Waals surface area contributed by atoms with Gasteiger partial charge in [0.2, 0.25) is 0 Å². The van der Waals surface area contributed by atoms with Crippen molar-refractivity contribution in [2.24, 2.45) is 0 Å². The van der Waals surface area contributed by atoms with Gasteiger partial charge in [0.15, 0.2) is 12.4 Å². The molecule has 1 fully saturated rings. The van der Waals surface area contributed by atoms with Crippen LogP contribution in [0, 0.1) is 0 Å². The van der Waals surface area contributed by atoms with Gasteiger partial charge in [-0.25, -0.2) is 4.68 Å². The molecule has 1 amide bonds. The number of ether oxygens (including phenoxy) is 1. The van der Waals surface area contributed by atoms with E-state index in [-0.39, 0.29) is 18.3 Å². The minimum absolute atomic E-state index is 0.0864. The summed E-state index contributed by atoms with van der Waals surface area (Å²) in [5, 5.41) is 7.25. The van der Waals surface area contributed by atoms with Crippen molar-refractivity contribution in [2.75, 3.05) is 11.9 Å². The number of ketones is 1. The summed E-state index contributed by atoms with van der Waals surface area (Å²) >= 11 is 0. The predicted octanol–water partition coefficient (Wildman–Crippen LogP) is 4.00. The highest BCUT2D eigenvalue weighted by atomic mass is 16.5. The van der Waals surface area contributed by atoms with Gasteiger partial charge in [-0.2, -0.15) is 5.10 Å². The van der Waals surface area contributed by atoms with Gasteiger partial charge in [0, 0.05) is 18.1 Å². The van der Waals surface area contributed by atoms with Crippen molar-refractivity contribution in [2.45, 2.75) is 51.5 Å². The van der Waals surface area contributed by atoms with E-state index in [4.69, 9.17) is 4.74 Å². The standard InChI is InChI=1S/C20H25N3O3/c1-2-18(24)15-8-10-17(11-9-15)26-14-20(25)22-19-12-13-21-23(19)16-6-4-3-5-7-16/h8-13,16H,2-7,14H2,1H3,(H,22,25). The van der Waals surface area contributed by atoms with Crippen LogP contribution in [0.25, 0.3) is 0 Å². The highest BCUT2D eigenvalue weighted by Crippen LogP contribution is 2.29. The van der Waals surface area contributed by atoms with E-state index in [2.05, 4.69) is 10.4 Å². The van der Waals surface area contributed by atoms with Crippen LogP contribution in [-0.2, 0) is 4.79 Å². The molecule has 1 heterocycles. The van der Waals surface area contributed by atoms with Crippen molar-refractivity contribution < 1.29 is 14.3 Å². The number of anilines is 1. The second-order valence-corrected chi connectivity index (χ2v) is 6.59. The molecule has 0 unspecified atom stereocenters. The maximum absolute atomic E-state index is 12.2. The summed E-state index contributed by atoms with van der Waals surface area (Å²) in [6.07, 6.45) is 8.07. The molecule has 1 saturated carbocycles. The quantitative estimate of drug-likeness (QED) is 0.762. The lowest BCUT2D eigenvalue weighted by Gasteiger charge is -2.23. The highest BCUT2D eigenvalue weighted by Gasteiger charge is 2.19. The lowest BCUT2D eigenvalue weighted by atomic mass is 9.96. The van der Waals surface area contributed by atoms with Crippen LogP contribution in [-0.4, -0.2) is 28.1 Å². The van der Waals surface area contributed by atoms with Crippen molar-refractivity contribution >= 4 is 17.5 Å². The molecule has 1 aliphatic carbocycles. The van der Waals surface area contributed by atoms with Gasteiger partial charge in [-0.05, 0) is 37.1 Å². The molecule has 0 spiro atoms. The van der Waals surface area contributed by atoms with Crippen molar-refractivity contribution in [3.63, 3.8) is 0 Å². The summed E-state index contributed by atoms with van der Waals surface area (Å²) in [5.41, 5.74) is 0.653. The number of hydrogen-bond acceptors (Lipinski definition) is 4. The topological polar surface area (TPSA) is 73.2 Å². The third kappa shape index (κ3) is 4.50. The Balaban J connectivity index is 1.53. The Morgan fingerprint density at radius 3 is 2.58 bits per heavy atom. The van der Waals surface area contributed by atoms with Gasteiger partial charge < -0.3 is 10.1 Å². The molecule has 1 N–H and O–H groups in total. The van der Waals surface area contributed by atoms with E-state index >= 15 is 0 Å². The number of amides is 1. The summed E-state index contributed by atoms with van der Waals surface area (Å²) in [6.45, 7) is 1.74. The minimum Gasteiger partial charge on any atom is -0.484 e. The van der Waals surface area contributed by atoms with Crippen LogP contribution in [0.5, 0.6) is 5.75 Å². The van der Waals surface area contributed by atoms with Crippen LogP contribution in [0.3, 0.4) is 0 Å². The first kappa shape index (κ1) is 18.2. The predicted molar refractivity (Wildman–Crippen MR) is 99.5 cm³/mol. The molecule has 138 valence electrons. The third-order valence-corrected chi connectivity index (χ3v) is 4.73. The average Bonchev–Trinajstić information content (AvgIpc) is 3.15. The van der Waals surface area contributed by atoms with Crippen molar-refractivity contribution in [1.29, 1.82) is 0 Å². The average molecular weight is 355 g/mol. The molecule has 0 bridgehead atoms. The van der Waals surface area contributed by atoms with Crippen molar-refractivity contribution in [3.8, 4) is 5.75 Å². The van der Waals surface area contributed by atoms with E-state index in [1.165, 1.54) is 19.3 Å². The monoisotopic (exact) mass is 355 g/mol. The number of carbonyl (C=O) groups excluding carboxylic acids is 2. The normalized spacial score (nSPS) is 14.8. The van der Waals surface area contributed by atoms with Gasteiger partial charge in [-0.15, -0.1) is 0 Å². The van der Waals surface area contributed by atoms with Crippen LogP contribution < -0.4 is 10.1 Å². The Kier molecular flexibility index (Phi) is 6.04. The second kappa shape index (κ2) is 8.65. The van der Waals surface area contributed by atoms with Crippen molar-refractivity contribution in [1.82, 2.24) is 9.78 Å². The zero-order valence-electron chi connectivity index (χ0n) is 15.1. The first-order chi connectivity index (χ1) is 12.7. The number of Topliss-reactive ketones (excluding diaryl/α,β-unsaturated/α-hetero) is 1. The largest absolute Gasteiger partial charge is 0.484 e. The molecule has 6 heteroatoms. The van der Waals surface area contributed by atoms with Gasteiger partial charge >= 0.3 is 0 Å². The fourth-order valence-electron chi connectivity index (χ4n) is 3.30. The number of nitrogens with zero attached hydrogens (tertiary/aromatic N) is 2. The van der Waals surface area contributed by atoms with Crippen LogP contribution in [0.2, 0.25) is 0 Å². The minimum atomic E-state index is -0.226. The Labute approximate surface area is 153 Å². The number of hydrogen-bond donors (Lipinski definition) is 1. The maximum Gasteiger partial charge on any atom is 0.263 e. The summed E-state index contributed by atoms with van der Waals surface area (Å²) in [5.74, 6) is 1.14. The van der Waals surface area contributed by atoms with Crippen LogP contribution in [0.1, 0.15) is 61.8 Å². The number of nitrogens with one attached hydrogen (secondary N) is 1. The van der Waals surface area contributed by atoms with Crippen LogP contribution in [0.4, 0.5) is 5.82 Å². The molecule has 2 aromatic rings. The Bertz CT molecular complexity index is 746. The van der Waals surface area contributed by atoms with Gasteiger partial charge in [0.05, 0.1) is 12.2 Å². The third-order valence-electron chi connectivity index (χ3n) is 4.73. The van der Waals surface area contributed by atoms with Crippen LogP contribution in [0.15, 0.2) is 36.5 Å². The molecular formula is C20H25N3O3. The molecule has 0 saturated heterocycles. The van der Waals surface area contributed by atoms with E-state index in [1.807, 2.05) is 17.7 Å². The molecule has 0 radical (unpaired) electrons. The fourth-order valence-corrected chi connectivity index (χ4v) is 3.30. The first-order valence-corrected chi connectivity index (χ1v) is 9.27. The molecule has 3 rings (SSSR count). The number of rotatable bonds is 7. The molecule has 1 aromatic heterocycles. The number of benzene rings is 1. The Morgan fingerprint density at radius 1 is 1.15 bits per heavy atom. The molecule has 1 aliphatic rings. The lowest BCUT2D eigenvalue weighted by molar-refractivity contribution is -0.118. The lowest BCUT2D eigenvalue weighted by Crippen LogP contribution is -2.24. The van der Waals surface area contributed by atoms with E-state index in [9.17, 15) is 9.59 Å². The molecule has 1 aromatic carbocycles. The summed E-state index contributed by atoms with van der Waals surface area (Å²) < 4.78 is 7.44. The zero-order chi connectivity index (χ0) is 18.4. The molecule has 6 nitrogen and oxygen atoms in total. The molecule has 0 aliphatic heterocycles. The Hall–Kier alpha value is -2.63.